The predicted octanol–water partition coefficient (Wildman–Crippen LogP) is 3.42. The number of rotatable bonds is 5. The molecule has 0 fully saturated rings. The molecule has 0 bridgehead atoms. The van der Waals surface area contributed by atoms with Crippen molar-refractivity contribution in [1.29, 1.82) is 0 Å². The number of aromatic amines is 1. The van der Waals surface area contributed by atoms with Gasteiger partial charge in [0.15, 0.2) is 0 Å². The Balaban J connectivity index is 1.40. The molecule has 0 amide bonds. The summed E-state index contributed by atoms with van der Waals surface area (Å²) in [5, 5.41) is 18.2. The molecule has 2 N–H and O–H groups in total. The molecule has 2 aliphatic heterocycles. The number of aromatic nitrogens is 6. The predicted molar refractivity (Wildman–Crippen MR) is 124 cm³/mol. The van der Waals surface area contributed by atoms with Crippen molar-refractivity contribution in [2.24, 2.45) is 0 Å². The van der Waals surface area contributed by atoms with Gasteiger partial charge in [0.05, 0.1) is 18.9 Å². The summed E-state index contributed by atoms with van der Waals surface area (Å²) in [7, 11) is 0. The van der Waals surface area contributed by atoms with Gasteiger partial charge in [-0.2, -0.15) is 10.2 Å². The van der Waals surface area contributed by atoms with Gasteiger partial charge in [0.25, 0.3) is 0 Å². The van der Waals surface area contributed by atoms with E-state index in [9.17, 15) is 0 Å². The maximum absolute atomic E-state index is 5.73. The number of nitrogens with zero attached hydrogens (tertiary/aromatic N) is 6. The molecular weight excluding hydrogens is 416 g/mol. The van der Waals surface area contributed by atoms with E-state index in [4.69, 9.17) is 14.7 Å². The maximum atomic E-state index is 5.73. The molecule has 2 aromatic carbocycles. The highest BCUT2D eigenvalue weighted by Gasteiger charge is 2.33. The Labute approximate surface area is 191 Å². The molecule has 0 spiro atoms. The highest BCUT2D eigenvalue weighted by Crippen LogP contribution is 2.41. The second kappa shape index (κ2) is 8.25. The molecular formula is C24H24N8O. The van der Waals surface area contributed by atoms with Crippen LogP contribution in [0.1, 0.15) is 29.3 Å². The lowest BCUT2D eigenvalue weighted by molar-refractivity contribution is 0.109. The molecule has 0 saturated heterocycles. The monoisotopic (exact) mass is 440 g/mol. The van der Waals surface area contributed by atoms with E-state index in [0.29, 0.717) is 31.5 Å². The number of nitrogens with one attached hydrogen (secondary N) is 2. The first-order chi connectivity index (χ1) is 16.3. The Kier molecular flexibility index (Phi) is 4.95. The van der Waals surface area contributed by atoms with Crippen molar-refractivity contribution in [1.82, 2.24) is 30.6 Å². The molecule has 9 heteroatoms. The summed E-state index contributed by atoms with van der Waals surface area (Å²) in [5.41, 5.74) is 6.57. The van der Waals surface area contributed by atoms with Crippen molar-refractivity contribution in [2.45, 2.75) is 39.0 Å². The van der Waals surface area contributed by atoms with Crippen molar-refractivity contribution in [3.8, 4) is 11.4 Å². The van der Waals surface area contributed by atoms with Gasteiger partial charge >= 0.3 is 0 Å². The Morgan fingerprint density at radius 1 is 1.09 bits per heavy atom. The standard InChI is InChI=1S/C24H24N8O/c1-15-12-18-17(23-28-30-31-29-23)8-5-9-21(18)32(15)24-26-20-10-11-33-14-19(20)22(27-24)25-13-16-6-3-2-4-7-16/h2-9,15H,10-14H2,1H3,(H,25,26,27)(H,28,29,30,31). The van der Waals surface area contributed by atoms with Gasteiger partial charge in [0.1, 0.15) is 5.82 Å². The normalized spacial score (nSPS) is 17.0. The molecule has 0 radical (unpaired) electrons. The van der Waals surface area contributed by atoms with E-state index in [2.05, 4.69) is 56.0 Å². The molecule has 2 aromatic heterocycles. The number of tetrazole rings is 1. The fourth-order valence-corrected chi connectivity index (χ4v) is 4.68. The molecule has 4 heterocycles. The molecule has 0 saturated carbocycles. The number of anilines is 3. The zero-order chi connectivity index (χ0) is 22.2. The molecule has 33 heavy (non-hydrogen) atoms. The number of benzene rings is 2. The van der Waals surface area contributed by atoms with Crippen LogP contribution in [-0.4, -0.2) is 43.2 Å². The molecule has 1 atom stereocenters. The van der Waals surface area contributed by atoms with Crippen LogP contribution in [0.2, 0.25) is 0 Å². The van der Waals surface area contributed by atoms with Crippen LogP contribution in [0.15, 0.2) is 48.5 Å². The van der Waals surface area contributed by atoms with Crippen LogP contribution in [0.4, 0.5) is 17.5 Å². The van der Waals surface area contributed by atoms with Crippen molar-refractivity contribution in [2.75, 3.05) is 16.8 Å². The fourth-order valence-electron chi connectivity index (χ4n) is 4.68. The number of fused-ring (bicyclic) bond motifs is 2. The zero-order valence-electron chi connectivity index (χ0n) is 18.3. The third-order valence-corrected chi connectivity index (χ3v) is 6.27. The minimum atomic E-state index is 0.202. The summed E-state index contributed by atoms with van der Waals surface area (Å²) >= 11 is 0. The maximum Gasteiger partial charge on any atom is 0.232 e. The Bertz CT molecular complexity index is 1280. The summed E-state index contributed by atoms with van der Waals surface area (Å²) < 4.78 is 5.73. The van der Waals surface area contributed by atoms with Crippen LogP contribution in [0.25, 0.3) is 11.4 Å². The third kappa shape index (κ3) is 3.60. The lowest BCUT2D eigenvalue weighted by Crippen LogP contribution is -2.28. The first-order valence-corrected chi connectivity index (χ1v) is 11.2. The molecule has 1 unspecified atom stereocenters. The van der Waals surface area contributed by atoms with Gasteiger partial charge in [-0.15, -0.1) is 10.2 Å². The third-order valence-electron chi connectivity index (χ3n) is 6.27. The lowest BCUT2D eigenvalue weighted by Gasteiger charge is -2.26. The summed E-state index contributed by atoms with van der Waals surface area (Å²) in [5.74, 6) is 2.16. The van der Waals surface area contributed by atoms with Crippen molar-refractivity contribution < 1.29 is 4.74 Å². The fraction of sp³-hybridized carbons (Fsp3) is 0.292. The van der Waals surface area contributed by atoms with Crippen LogP contribution in [0.3, 0.4) is 0 Å². The molecule has 2 aliphatic rings. The minimum absolute atomic E-state index is 0.202. The van der Waals surface area contributed by atoms with Gasteiger partial charge in [-0.25, -0.2) is 4.98 Å². The Morgan fingerprint density at radius 3 is 2.85 bits per heavy atom. The average molecular weight is 441 g/mol. The van der Waals surface area contributed by atoms with Crippen LogP contribution < -0.4 is 10.2 Å². The van der Waals surface area contributed by atoms with Crippen LogP contribution in [-0.2, 0) is 30.7 Å². The zero-order valence-corrected chi connectivity index (χ0v) is 18.3. The lowest BCUT2D eigenvalue weighted by atomic mass is 10.0. The first kappa shape index (κ1) is 19.8. The topological polar surface area (TPSA) is 105 Å². The molecule has 6 rings (SSSR count). The van der Waals surface area contributed by atoms with E-state index < -0.39 is 0 Å². The summed E-state index contributed by atoms with van der Waals surface area (Å²) in [4.78, 5) is 12.2. The van der Waals surface area contributed by atoms with Crippen molar-refractivity contribution >= 4 is 17.5 Å². The van der Waals surface area contributed by atoms with Gasteiger partial charge < -0.3 is 15.0 Å². The summed E-state index contributed by atoms with van der Waals surface area (Å²) in [6, 6.07) is 16.7. The number of ether oxygens (including phenoxy) is 1. The highest BCUT2D eigenvalue weighted by molar-refractivity contribution is 5.77. The van der Waals surface area contributed by atoms with E-state index in [1.54, 1.807) is 0 Å². The van der Waals surface area contributed by atoms with Gasteiger partial charge in [0, 0.05) is 35.8 Å². The Morgan fingerprint density at radius 2 is 2.00 bits per heavy atom. The molecule has 0 aliphatic carbocycles. The first-order valence-electron chi connectivity index (χ1n) is 11.2. The number of hydrogen-bond donors (Lipinski definition) is 2. The van der Waals surface area contributed by atoms with Crippen LogP contribution in [0, 0.1) is 0 Å². The average Bonchev–Trinajstić information content (AvgIpc) is 3.50. The van der Waals surface area contributed by atoms with Gasteiger partial charge in [-0.1, -0.05) is 42.5 Å². The van der Waals surface area contributed by atoms with Gasteiger partial charge in [0.2, 0.25) is 11.8 Å². The van der Waals surface area contributed by atoms with E-state index in [1.165, 1.54) is 11.1 Å². The van der Waals surface area contributed by atoms with E-state index in [1.807, 2.05) is 30.3 Å². The summed E-state index contributed by atoms with van der Waals surface area (Å²) in [6.45, 7) is 4.09. The quantitative estimate of drug-likeness (QED) is 0.486. The second-order valence-corrected chi connectivity index (χ2v) is 8.40. The van der Waals surface area contributed by atoms with Gasteiger partial charge in [-0.05, 0) is 35.8 Å². The SMILES string of the molecule is CC1Cc2c(-c3nn[nH]n3)cccc2N1c1nc2c(c(NCc3ccccc3)n1)COCC2. The number of hydrogen-bond acceptors (Lipinski definition) is 8. The minimum Gasteiger partial charge on any atom is -0.376 e. The second-order valence-electron chi connectivity index (χ2n) is 8.40. The van der Waals surface area contributed by atoms with Crippen LogP contribution in [0.5, 0.6) is 0 Å². The van der Waals surface area contributed by atoms with Crippen LogP contribution >= 0.6 is 0 Å². The smallest absolute Gasteiger partial charge is 0.232 e. The molecule has 4 aromatic rings. The molecule has 9 nitrogen and oxygen atoms in total. The van der Waals surface area contributed by atoms with Crippen molar-refractivity contribution in [3.63, 3.8) is 0 Å². The molecule has 166 valence electrons. The Hall–Kier alpha value is -3.85. The van der Waals surface area contributed by atoms with E-state index in [0.717, 1.165) is 41.2 Å². The van der Waals surface area contributed by atoms with Gasteiger partial charge in [-0.3, -0.25) is 0 Å². The largest absolute Gasteiger partial charge is 0.376 e. The van der Waals surface area contributed by atoms with E-state index in [-0.39, 0.29) is 6.04 Å². The highest BCUT2D eigenvalue weighted by atomic mass is 16.5. The number of H-pyrrole nitrogens is 1. The summed E-state index contributed by atoms with van der Waals surface area (Å²) in [6.07, 6.45) is 1.64. The van der Waals surface area contributed by atoms with E-state index >= 15 is 0 Å². The van der Waals surface area contributed by atoms with Crippen molar-refractivity contribution in [3.05, 3.63) is 70.9 Å².